The summed E-state index contributed by atoms with van der Waals surface area (Å²) in [5, 5.41) is 21.9. The Bertz CT molecular complexity index is 1110. The molecule has 0 aliphatic rings. The van der Waals surface area contributed by atoms with E-state index in [0.29, 0.717) is 0 Å². The molecule has 30 heavy (non-hydrogen) atoms. The van der Waals surface area contributed by atoms with Gasteiger partial charge in [0, 0.05) is 18.3 Å². The molecule has 0 radical (unpaired) electrons. The van der Waals surface area contributed by atoms with Crippen molar-refractivity contribution >= 4 is 29.2 Å². The number of aliphatic imine (C=N–C) groups is 1. The molecule has 0 unspecified atom stereocenters. The zero-order valence-corrected chi connectivity index (χ0v) is 15.7. The molecule has 3 rings (SSSR count). The molecule has 0 heterocycles. The number of hydrogen-bond donors (Lipinski definition) is 0. The van der Waals surface area contributed by atoms with Crippen molar-refractivity contribution in [1.29, 1.82) is 0 Å². The maximum atomic E-state index is 12.3. The van der Waals surface area contributed by atoms with Gasteiger partial charge in [0.2, 0.25) is 0 Å². The topological polar surface area (TPSA) is 125 Å². The van der Waals surface area contributed by atoms with Crippen LogP contribution in [0.1, 0.15) is 21.5 Å². The zero-order valence-electron chi connectivity index (χ0n) is 15.7. The molecule has 3 aromatic carbocycles. The minimum atomic E-state index is -0.942. The number of ether oxygens (including phenoxy) is 1. The number of benzene rings is 3. The molecule has 0 atom stereocenters. The molecular weight excluding hydrogens is 390 g/mol. The molecule has 0 N–H and O–H groups in total. The number of nitro groups is 2. The smallest absolute Gasteiger partial charge is 0.344 e. The minimum absolute atomic E-state index is 0.182. The van der Waals surface area contributed by atoms with Gasteiger partial charge in [-0.05, 0) is 48.9 Å². The van der Waals surface area contributed by atoms with Crippen LogP contribution < -0.4 is 4.74 Å². The van der Waals surface area contributed by atoms with E-state index in [9.17, 15) is 25.0 Å². The van der Waals surface area contributed by atoms with Crippen LogP contribution in [0.5, 0.6) is 5.75 Å². The van der Waals surface area contributed by atoms with Crippen LogP contribution in [0.15, 0.2) is 71.7 Å². The molecule has 0 aliphatic heterocycles. The van der Waals surface area contributed by atoms with Gasteiger partial charge in [-0.2, -0.15) is 0 Å². The van der Waals surface area contributed by atoms with Crippen molar-refractivity contribution in [2.45, 2.75) is 6.92 Å². The van der Waals surface area contributed by atoms with E-state index in [-0.39, 0.29) is 11.3 Å². The van der Waals surface area contributed by atoms with Crippen molar-refractivity contribution in [3.63, 3.8) is 0 Å². The lowest BCUT2D eigenvalue weighted by atomic mass is 10.1. The van der Waals surface area contributed by atoms with Gasteiger partial charge in [-0.15, -0.1) is 0 Å². The highest BCUT2D eigenvalue weighted by Crippen LogP contribution is 2.24. The average molecular weight is 405 g/mol. The largest absolute Gasteiger partial charge is 0.423 e. The van der Waals surface area contributed by atoms with Gasteiger partial charge in [0.25, 0.3) is 11.4 Å². The number of nitrogens with zero attached hydrogens (tertiary/aromatic N) is 3. The Morgan fingerprint density at radius 2 is 1.47 bits per heavy atom. The van der Waals surface area contributed by atoms with E-state index in [1.165, 1.54) is 12.1 Å². The third kappa shape index (κ3) is 5.10. The number of carbonyl (C=O) groups is 1. The standard InChI is InChI=1S/C21H15N3O6/c1-14-2-6-17(7-3-14)22-13-15-4-8-20(9-5-15)30-21(25)16-10-18(23(26)27)12-19(11-16)24(28)29/h2-13H,1H3. The lowest BCUT2D eigenvalue weighted by molar-refractivity contribution is -0.394. The van der Waals surface area contributed by atoms with Crippen molar-refractivity contribution in [3.05, 3.63) is 104 Å². The van der Waals surface area contributed by atoms with Crippen molar-refractivity contribution in [2.75, 3.05) is 0 Å². The molecule has 0 aromatic heterocycles. The second-order valence-corrected chi connectivity index (χ2v) is 6.30. The maximum absolute atomic E-state index is 12.3. The molecule has 0 aliphatic carbocycles. The van der Waals surface area contributed by atoms with Gasteiger partial charge >= 0.3 is 5.97 Å². The van der Waals surface area contributed by atoms with Crippen molar-refractivity contribution in [3.8, 4) is 5.75 Å². The highest BCUT2D eigenvalue weighted by atomic mass is 16.6. The van der Waals surface area contributed by atoms with Crippen LogP contribution in [0.25, 0.3) is 0 Å². The number of hydrogen-bond acceptors (Lipinski definition) is 7. The predicted octanol–water partition coefficient (Wildman–Crippen LogP) is 4.78. The average Bonchev–Trinajstić information content (AvgIpc) is 2.74. The molecule has 9 heteroatoms. The number of esters is 1. The second kappa shape index (κ2) is 8.74. The Hall–Kier alpha value is -4.40. The van der Waals surface area contributed by atoms with E-state index in [1.807, 2.05) is 31.2 Å². The molecule has 0 saturated carbocycles. The Morgan fingerprint density at radius 3 is 2.00 bits per heavy atom. The first-order valence-electron chi connectivity index (χ1n) is 8.69. The molecule has 0 saturated heterocycles. The summed E-state index contributed by atoms with van der Waals surface area (Å²) in [6.45, 7) is 1.99. The van der Waals surface area contributed by atoms with Crippen LogP contribution in [0.2, 0.25) is 0 Å². The first kappa shape index (κ1) is 20.3. The Labute approximate surface area is 170 Å². The van der Waals surface area contributed by atoms with E-state index in [2.05, 4.69) is 4.99 Å². The first-order valence-corrected chi connectivity index (χ1v) is 8.69. The van der Waals surface area contributed by atoms with Crippen LogP contribution in [-0.4, -0.2) is 22.0 Å². The fourth-order valence-electron chi connectivity index (χ4n) is 2.49. The molecule has 0 spiro atoms. The summed E-state index contributed by atoms with van der Waals surface area (Å²) < 4.78 is 5.17. The zero-order chi connectivity index (χ0) is 21.7. The van der Waals surface area contributed by atoms with Gasteiger partial charge in [0.1, 0.15) is 5.75 Å². The van der Waals surface area contributed by atoms with E-state index in [1.54, 1.807) is 18.3 Å². The third-order valence-electron chi connectivity index (χ3n) is 4.05. The van der Waals surface area contributed by atoms with E-state index in [0.717, 1.165) is 35.0 Å². The van der Waals surface area contributed by atoms with Gasteiger partial charge in [0.15, 0.2) is 0 Å². The van der Waals surface area contributed by atoms with Gasteiger partial charge < -0.3 is 4.74 Å². The maximum Gasteiger partial charge on any atom is 0.344 e. The highest BCUT2D eigenvalue weighted by molar-refractivity contribution is 5.92. The van der Waals surface area contributed by atoms with Crippen LogP contribution in [0.3, 0.4) is 0 Å². The Morgan fingerprint density at radius 1 is 0.900 bits per heavy atom. The number of non-ortho nitro benzene ring substituents is 2. The quantitative estimate of drug-likeness (QED) is 0.191. The molecule has 9 nitrogen and oxygen atoms in total. The third-order valence-corrected chi connectivity index (χ3v) is 4.05. The van der Waals surface area contributed by atoms with Crippen molar-refractivity contribution in [1.82, 2.24) is 0 Å². The van der Waals surface area contributed by atoms with Gasteiger partial charge in [-0.3, -0.25) is 25.2 Å². The Balaban J connectivity index is 1.73. The minimum Gasteiger partial charge on any atom is -0.423 e. The lowest BCUT2D eigenvalue weighted by Crippen LogP contribution is -2.09. The van der Waals surface area contributed by atoms with Crippen molar-refractivity contribution < 1.29 is 19.4 Å². The highest BCUT2D eigenvalue weighted by Gasteiger charge is 2.21. The SMILES string of the molecule is Cc1ccc(N=Cc2ccc(OC(=O)c3cc([N+](=O)[O-])cc([N+](=O)[O-])c3)cc2)cc1. The summed E-state index contributed by atoms with van der Waals surface area (Å²) in [5.41, 5.74) is 1.26. The molecule has 0 bridgehead atoms. The molecule has 150 valence electrons. The van der Waals surface area contributed by atoms with Gasteiger partial charge in [-0.1, -0.05) is 17.7 Å². The number of rotatable bonds is 6. The summed E-state index contributed by atoms with van der Waals surface area (Å²) in [7, 11) is 0. The van der Waals surface area contributed by atoms with Crippen LogP contribution in [0, 0.1) is 27.2 Å². The van der Waals surface area contributed by atoms with Gasteiger partial charge in [-0.25, -0.2) is 4.79 Å². The second-order valence-electron chi connectivity index (χ2n) is 6.30. The van der Waals surface area contributed by atoms with Crippen LogP contribution >= 0.6 is 0 Å². The number of nitro benzene ring substituents is 2. The molecule has 0 amide bonds. The molecular formula is C21H15N3O6. The number of carbonyl (C=O) groups excluding carboxylic acids is 1. The van der Waals surface area contributed by atoms with Gasteiger partial charge in [0.05, 0.1) is 27.2 Å². The fraction of sp³-hybridized carbons (Fsp3) is 0.0476. The lowest BCUT2D eigenvalue weighted by Gasteiger charge is -2.05. The first-order chi connectivity index (χ1) is 14.3. The summed E-state index contributed by atoms with van der Waals surface area (Å²) in [4.78, 5) is 36.9. The normalized spacial score (nSPS) is 10.7. The summed E-state index contributed by atoms with van der Waals surface area (Å²) >= 11 is 0. The van der Waals surface area contributed by atoms with Crippen molar-refractivity contribution in [2.24, 2.45) is 4.99 Å². The van der Waals surface area contributed by atoms with E-state index >= 15 is 0 Å². The predicted molar refractivity (Wildman–Crippen MR) is 110 cm³/mol. The van der Waals surface area contributed by atoms with E-state index in [4.69, 9.17) is 4.74 Å². The van der Waals surface area contributed by atoms with Crippen LogP contribution in [0.4, 0.5) is 17.1 Å². The molecule has 3 aromatic rings. The van der Waals surface area contributed by atoms with E-state index < -0.39 is 27.2 Å². The summed E-state index contributed by atoms with van der Waals surface area (Å²) in [6.07, 6.45) is 1.65. The monoisotopic (exact) mass is 405 g/mol. The summed E-state index contributed by atoms with van der Waals surface area (Å²) in [6, 6.07) is 16.7. The fourth-order valence-corrected chi connectivity index (χ4v) is 2.49. The Kier molecular flexibility index (Phi) is 5.92. The molecule has 0 fully saturated rings. The number of aryl methyl sites for hydroxylation is 1. The van der Waals surface area contributed by atoms with Crippen LogP contribution in [-0.2, 0) is 0 Å². The summed E-state index contributed by atoms with van der Waals surface area (Å²) in [5.74, 6) is -0.760.